The normalized spacial score (nSPS) is 43.4. The van der Waals surface area contributed by atoms with Crippen molar-refractivity contribution in [1.82, 2.24) is 4.90 Å². The van der Waals surface area contributed by atoms with Crippen LogP contribution in [0.15, 0.2) is 0 Å². The molecule has 140 valence electrons. The Labute approximate surface area is 159 Å². The molecule has 1 N–H and O–H groups in total. The van der Waals surface area contributed by atoms with E-state index in [1.54, 1.807) is 4.90 Å². The summed E-state index contributed by atoms with van der Waals surface area (Å²) in [6, 6.07) is -0.652. The molecule has 0 aromatic rings. The fourth-order valence-electron chi connectivity index (χ4n) is 6.25. The summed E-state index contributed by atoms with van der Waals surface area (Å²) in [5.41, 5.74) is 0. The highest BCUT2D eigenvalue weighted by molar-refractivity contribution is 8.01. The average Bonchev–Trinajstić information content (AvgIpc) is 2.95. The van der Waals surface area contributed by atoms with Crippen molar-refractivity contribution in [3.05, 3.63) is 0 Å². The number of hydrogen-bond donors (Lipinski definition) is 2. The molecule has 25 heavy (non-hydrogen) atoms. The van der Waals surface area contributed by atoms with Crippen LogP contribution in [-0.4, -0.2) is 50.2 Å². The van der Waals surface area contributed by atoms with Crippen LogP contribution in [0.3, 0.4) is 0 Å². The standard InChI is InChI=1S/C19H29NO3S2/c1-11(10-24)17(21)20-9-15(5-16(20)18(22)23)25-19-6-12-2-13(7-19)4-14(3-12)8-19/h11-16,24H,2-10H2,1H3,(H,22,23)/t11?,12?,13?,14?,15?,16-,19?/m0/s1. The number of aliphatic carboxylic acids is 1. The molecule has 2 unspecified atom stereocenters. The summed E-state index contributed by atoms with van der Waals surface area (Å²) in [5, 5.41) is 9.88. The third-order valence-corrected chi connectivity index (χ3v) is 9.15. The van der Waals surface area contributed by atoms with E-state index in [9.17, 15) is 14.7 Å². The highest BCUT2D eigenvalue weighted by atomic mass is 32.2. The zero-order valence-corrected chi connectivity index (χ0v) is 16.6. The van der Waals surface area contributed by atoms with E-state index in [1.807, 2.05) is 6.92 Å². The molecule has 6 heteroatoms. The van der Waals surface area contributed by atoms with Gasteiger partial charge in [0.25, 0.3) is 0 Å². The van der Waals surface area contributed by atoms with Crippen molar-refractivity contribution < 1.29 is 14.7 Å². The molecule has 1 saturated heterocycles. The topological polar surface area (TPSA) is 57.6 Å². The van der Waals surface area contributed by atoms with Gasteiger partial charge in [0, 0.05) is 28.2 Å². The van der Waals surface area contributed by atoms with E-state index in [0.717, 1.165) is 17.8 Å². The van der Waals surface area contributed by atoms with Gasteiger partial charge in [0.15, 0.2) is 0 Å². The predicted octanol–water partition coefficient (Wildman–Crippen LogP) is 3.31. The van der Waals surface area contributed by atoms with Crippen molar-refractivity contribution in [2.24, 2.45) is 23.7 Å². The summed E-state index contributed by atoms with van der Waals surface area (Å²) >= 11 is 6.27. The van der Waals surface area contributed by atoms with Crippen molar-refractivity contribution in [3.63, 3.8) is 0 Å². The first-order valence-corrected chi connectivity index (χ1v) is 11.2. The van der Waals surface area contributed by atoms with Gasteiger partial charge in [0.05, 0.1) is 0 Å². The predicted molar refractivity (Wildman–Crippen MR) is 103 cm³/mol. The fraction of sp³-hybridized carbons (Fsp3) is 0.895. The third kappa shape index (κ3) is 3.33. The molecule has 0 aromatic carbocycles. The molecule has 0 aromatic heterocycles. The molecule has 4 bridgehead atoms. The molecule has 1 heterocycles. The lowest BCUT2D eigenvalue weighted by Gasteiger charge is -2.57. The number of thiol groups is 1. The minimum Gasteiger partial charge on any atom is -0.480 e. The molecule has 1 amide bonds. The zero-order valence-electron chi connectivity index (χ0n) is 14.9. The van der Waals surface area contributed by atoms with Crippen LogP contribution in [0.1, 0.15) is 51.9 Å². The number of amides is 1. The molecule has 5 aliphatic rings. The molecule has 1 aliphatic heterocycles. The monoisotopic (exact) mass is 383 g/mol. The maximum absolute atomic E-state index is 12.6. The molecule has 0 spiro atoms. The lowest BCUT2D eigenvalue weighted by atomic mass is 9.56. The number of carbonyl (C=O) groups is 2. The number of nitrogens with zero attached hydrogens (tertiary/aromatic N) is 1. The SMILES string of the molecule is CC(CS)C(=O)N1CC(SC23CC4CC(CC(C4)C2)C3)C[C@H]1C(=O)O. The van der Waals surface area contributed by atoms with Gasteiger partial charge in [0.2, 0.25) is 5.91 Å². The number of carboxylic acid groups (broad SMARTS) is 1. The van der Waals surface area contributed by atoms with Crippen LogP contribution in [0.5, 0.6) is 0 Å². The van der Waals surface area contributed by atoms with Crippen molar-refractivity contribution in [2.45, 2.75) is 67.9 Å². The van der Waals surface area contributed by atoms with Crippen LogP contribution in [-0.2, 0) is 9.59 Å². The van der Waals surface area contributed by atoms with Crippen LogP contribution in [0, 0.1) is 23.7 Å². The number of likely N-dealkylation sites (tertiary alicyclic amines) is 1. The Kier molecular flexibility index (Phi) is 4.80. The molecule has 0 radical (unpaired) electrons. The van der Waals surface area contributed by atoms with E-state index in [0.29, 0.717) is 23.5 Å². The Morgan fingerprint density at radius 1 is 1.16 bits per heavy atom. The van der Waals surface area contributed by atoms with Crippen LogP contribution in [0.25, 0.3) is 0 Å². The average molecular weight is 384 g/mol. The molecule has 3 atom stereocenters. The maximum atomic E-state index is 12.6. The first-order valence-electron chi connectivity index (χ1n) is 9.71. The van der Waals surface area contributed by atoms with E-state index in [-0.39, 0.29) is 17.1 Å². The first-order chi connectivity index (χ1) is 11.9. The van der Waals surface area contributed by atoms with Gasteiger partial charge in [0.1, 0.15) is 6.04 Å². The molecule has 4 aliphatic carbocycles. The minimum absolute atomic E-state index is 0.0454. The van der Waals surface area contributed by atoms with Crippen molar-refractivity contribution in [1.29, 1.82) is 0 Å². The Balaban J connectivity index is 1.47. The summed E-state index contributed by atoms with van der Waals surface area (Å²) in [6.07, 6.45) is 8.83. The quantitative estimate of drug-likeness (QED) is 0.715. The Hall–Kier alpha value is -0.360. The van der Waals surface area contributed by atoms with Crippen LogP contribution >= 0.6 is 24.4 Å². The van der Waals surface area contributed by atoms with Gasteiger partial charge in [-0.1, -0.05) is 6.92 Å². The van der Waals surface area contributed by atoms with E-state index in [1.165, 1.54) is 38.5 Å². The molecule has 4 saturated carbocycles. The highest BCUT2D eigenvalue weighted by Crippen LogP contribution is 2.61. The van der Waals surface area contributed by atoms with E-state index >= 15 is 0 Å². The summed E-state index contributed by atoms with van der Waals surface area (Å²) in [7, 11) is 0. The van der Waals surface area contributed by atoms with Gasteiger partial charge >= 0.3 is 5.97 Å². The van der Waals surface area contributed by atoms with Crippen LogP contribution in [0.4, 0.5) is 0 Å². The van der Waals surface area contributed by atoms with Gasteiger partial charge in [-0.05, 0) is 62.7 Å². The Bertz CT molecular complexity index is 532. The second kappa shape index (κ2) is 6.66. The van der Waals surface area contributed by atoms with Gasteiger partial charge in [-0.2, -0.15) is 12.6 Å². The molecular weight excluding hydrogens is 354 g/mol. The van der Waals surface area contributed by atoms with Gasteiger partial charge in [-0.15, -0.1) is 11.8 Å². The zero-order chi connectivity index (χ0) is 17.8. The van der Waals surface area contributed by atoms with Crippen molar-refractivity contribution in [2.75, 3.05) is 12.3 Å². The lowest BCUT2D eigenvalue weighted by Crippen LogP contribution is -2.49. The van der Waals surface area contributed by atoms with Crippen molar-refractivity contribution in [3.8, 4) is 0 Å². The maximum Gasteiger partial charge on any atom is 0.326 e. The second-order valence-electron chi connectivity index (χ2n) is 9.00. The number of thioether (sulfide) groups is 1. The van der Waals surface area contributed by atoms with Gasteiger partial charge in [-0.3, -0.25) is 4.79 Å². The largest absolute Gasteiger partial charge is 0.480 e. The minimum atomic E-state index is -0.853. The summed E-state index contributed by atoms with van der Waals surface area (Å²) in [4.78, 5) is 25.9. The van der Waals surface area contributed by atoms with E-state index < -0.39 is 12.0 Å². The van der Waals surface area contributed by atoms with E-state index in [4.69, 9.17) is 0 Å². The number of rotatable bonds is 5. The van der Waals surface area contributed by atoms with Crippen LogP contribution in [0.2, 0.25) is 0 Å². The fourth-order valence-corrected chi connectivity index (χ4v) is 8.62. The summed E-state index contributed by atoms with van der Waals surface area (Å²) in [6.45, 7) is 2.44. The van der Waals surface area contributed by atoms with Gasteiger partial charge in [-0.25, -0.2) is 4.79 Å². The molecule has 5 rings (SSSR count). The number of carbonyl (C=O) groups excluding carboxylic acids is 1. The van der Waals surface area contributed by atoms with Crippen LogP contribution < -0.4 is 0 Å². The van der Waals surface area contributed by atoms with E-state index in [2.05, 4.69) is 24.4 Å². The Morgan fingerprint density at radius 3 is 2.20 bits per heavy atom. The Morgan fingerprint density at radius 2 is 1.72 bits per heavy atom. The number of carboxylic acids is 1. The van der Waals surface area contributed by atoms with Crippen molar-refractivity contribution >= 4 is 36.3 Å². The molecule has 5 fully saturated rings. The first kappa shape index (κ1) is 18.0. The van der Waals surface area contributed by atoms with Gasteiger partial charge < -0.3 is 10.0 Å². The second-order valence-corrected chi connectivity index (χ2v) is 11.1. The highest BCUT2D eigenvalue weighted by Gasteiger charge is 2.53. The smallest absolute Gasteiger partial charge is 0.326 e. The third-order valence-electron chi connectivity index (χ3n) is 6.92. The molecular formula is C19H29NO3S2. The number of hydrogen-bond acceptors (Lipinski definition) is 4. The molecule has 4 nitrogen and oxygen atoms in total. The summed E-state index contributed by atoms with van der Waals surface area (Å²) < 4.78 is 0.372. The lowest BCUT2D eigenvalue weighted by molar-refractivity contribution is -0.149. The summed E-state index contributed by atoms with van der Waals surface area (Å²) in [5.74, 6) is 2.05.